The van der Waals surface area contributed by atoms with Gasteiger partial charge in [-0.2, -0.15) is 13.2 Å². The number of halogens is 3. The zero-order valence-electron chi connectivity index (χ0n) is 14.6. The molecule has 1 aromatic heterocycles. The van der Waals surface area contributed by atoms with Crippen molar-refractivity contribution >= 4 is 17.4 Å². The van der Waals surface area contributed by atoms with Gasteiger partial charge in [0.2, 0.25) is 0 Å². The van der Waals surface area contributed by atoms with Crippen molar-refractivity contribution in [3.63, 3.8) is 0 Å². The fraction of sp³-hybridized carbons (Fsp3) is 0.333. The summed E-state index contributed by atoms with van der Waals surface area (Å²) in [6.07, 6.45) is -2.20. The Morgan fingerprint density at radius 3 is 2.62 bits per heavy atom. The number of pyridine rings is 1. The number of anilines is 2. The smallest absolute Gasteiger partial charge is 0.370 e. The fourth-order valence-corrected chi connectivity index (χ4v) is 2.31. The summed E-state index contributed by atoms with van der Waals surface area (Å²) in [5, 5.41) is 5.42. The highest BCUT2D eigenvalue weighted by atomic mass is 19.4. The Morgan fingerprint density at radius 2 is 1.92 bits per heavy atom. The first-order valence-corrected chi connectivity index (χ1v) is 8.09. The molecule has 0 saturated heterocycles. The number of aromatic nitrogens is 1. The summed E-state index contributed by atoms with van der Waals surface area (Å²) in [7, 11) is 3.95. The minimum absolute atomic E-state index is 0.229. The van der Waals surface area contributed by atoms with E-state index < -0.39 is 17.6 Å². The monoisotopic (exact) mass is 366 g/mol. The Labute approximate surface area is 150 Å². The number of carbonyl (C=O) groups excluding carboxylic acids is 1. The van der Waals surface area contributed by atoms with Crippen molar-refractivity contribution in [2.75, 3.05) is 37.8 Å². The van der Waals surface area contributed by atoms with Gasteiger partial charge in [0, 0.05) is 18.3 Å². The molecular weight excluding hydrogens is 345 g/mol. The summed E-state index contributed by atoms with van der Waals surface area (Å²) in [5.41, 5.74) is -0.932. The lowest BCUT2D eigenvalue weighted by molar-refractivity contribution is -0.136. The molecule has 0 aliphatic carbocycles. The van der Waals surface area contributed by atoms with Gasteiger partial charge in [0.15, 0.2) is 0 Å². The molecular formula is C18H21F3N4O. The summed E-state index contributed by atoms with van der Waals surface area (Å²) in [5.74, 6) is -0.124. The van der Waals surface area contributed by atoms with E-state index in [1.54, 1.807) is 0 Å². The molecule has 5 nitrogen and oxygen atoms in total. The van der Waals surface area contributed by atoms with E-state index in [9.17, 15) is 18.0 Å². The Bertz CT molecular complexity index is 747. The lowest BCUT2D eigenvalue weighted by Crippen LogP contribution is -2.18. The standard InChI is InChI=1S/C18H21F3N4O/c1-25(2)11-5-9-22-16-12-13(8-10-23-16)17(26)24-15-7-4-3-6-14(15)18(19,20)21/h3-4,6-8,10,12H,5,9,11H2,1-2H3,(H,22,23)(H,24,26). The first-order valence-electron chi connectivity index (χ1n) is 8.09. The van der Waals surface area contributed by atoms with Crippen molar-refractivity contribution < 1.29 is 18.0 Å². The molecule has 2 rings (SSSR count). The highest BCUT2D eigenvalue weighted by Gasteiger charge is 2.33. The van der Waals surface area contributed by atoms with Gasteiger partial charge in [-0.3, -0.25) is 4.79 Å². The molecule has 1 aromatic carbocycles. The SMILES string of the molecule is CN(C)CCCNc1cc(C(=O)Nc2ccccc2C(F)(F)F)ccn1. The number of nitrogens with one attached hydrogen (secondary N) is 2. The molecule has 140 valence electrons. The Morgan fingerprint density at radius 1 is 1.19 bits per heavy atom. The van der Waals surface area contributed by atoms with Gasteiger partial charge in [-0.05, 0) is 51.3 Å². The maximum atomic E-state index is 13.0. The maximum Gasteiger partial charge on any atom is 0.418 e. The van der Waals surface area contributed by atoms with Crippen molar-refractivity contribution in [1.82, 2.24) is 9.88 Å². The van der Waals surface area contributed by atoms with Crippen molar-refractivity contribution in [1.29, 1.82) is 0 Å². The number of rotatable bonds is 7. The second-order valence-corrected chi connectivity index (χ2v) is 6.01. The number of nitrogens with zero attached hydrogens (tertiary/aromatic N) is 2. The van der Waals surface area contributed by atoms with Gasteiger partial charge >= 0.3 is 6.18 Å². The number of amides is 1. The Kier molecular flexibility index (Phi) is 6.57. The molecule has 2 aromatic rings. The van der Waals surface area contributed by atoms with Gasteiger partial charge in [-0.1, -0.05) is 12.1 Å². The van der Waals surface area contributed by atoms with E-state index >= 15 is 0 Å². The van der Waals surface area contributed by atoms with Gasteiger partial charge in [-0.25, -0.2) is 4.98 Å². The molecule has 8 heteroatoms. The normalized spacial score (nSPS) is 11.5. The summed E-state index contributed by atoms with van der Waals surface area (Å²) >= 11 is 0. The predicted octanol–water partition coefficient (Wildman–Crippen LogP) is 3.72. The molecule has 2 N–H and O–H groups in total. The van der Waals surface area contributed by atoms with Crippen LogP contribution in [0.2, 0.25) is 0 Å². The van der Waals surface area contributed by atoms with Crippen LogP contribution in [0.1, 0.15) is 22.3 Å². The average molecular weight is 366 g/mol. The van der Waals surface area contributed by atoms with Gasteiger partial charge in [0.05, 0.1) is 11.3 Å². The number of hydrogen-bond acceptors (Lipinski definition) is 4. The third-order valence-corrected chi connectivity index (χ3v) is 3.59. The van der Waals surface area contributed by atoms with Crippen molar-refractivity contribution in [2.45, 2.75) is 12.6 Å². The lowest BCUT2D eigenvalue weighted by atomic mass is 10.1. The molecule has 0 aliphatic heterocycles. The molecule has 0 unspecified atom stereocenters. The van der Waals surface area contributed by atoms with Crippen LogP contribution in [0.25, 0.3) is 0 Å². The quantitative estimate of drug-likeness (QED) is 0.734. The van der Waals surface area contributed by atoms with Crippen LogP contribution >= 0.6 is 0 Å². The first kappa shape index (κ1) is 19.7. The topological polar surface area (TPSA) is 57.3 Å². The number of carbonyl (C=O) groups is 1. The van der Waals surface area contributed by atoms with E-state index in [4.69, 9.17) is 0 Å². The molecule has 0 atom stereocenters. The second kappa shape index (κ2) is 8.66. The Hall–Kier alpha value is -2.61. The zero-order valence-corrected chi connectivity index (χ0v) is 14.6. The van der Waals surface area contributed by atoms with Crippen LogP contribution in [0.15, 0.2) is 42.6 Å². The average Bonchev–Trinajstić information content (AvgIpc) is 2.58. The van der Waals surface area contributed by atoms with Crippen molar-refractivity contribution in [3.8, 4) is 0 Å². The predicted molar refractivity (Wildman–Crippen MR) is 95.3 cm³/mol. The van der Waals surface area contributed by atoms with E-state index in [1.807, 2.05) is 14.1 Å². The zero-order chi connectivity index (χ0) is 19.2. The van der Waals surface area contributed by atoms with E-state index in [-0.39, 0.29) is 11.3 Å². The third-order valence-electron chi connectivity index (χ3n) is 3.59. The maximum absolute atomic E-state index is 13.0. The number of hydrogen-bond donors (Lipinski definition) is 2. The summed E-state index contributed by atoms with van der Waals surface area (Å²) in [4.78, 5) is 18.5. The minimum Gasteiger partial charge on any atom is -0.370 e. The van der Waals surface area contributed by atoms with Crippen LogP contribution in [0.5, 0.6) is 0 Å². The third kappa shape index (κ3) is 5.73. The van der Waals surface area contributed by atoms with Crippen LogP contribution in [0.4, 0.5) is 24.7 Å². The van der Waals surface area contributed by atoms with Crippen molar-refractivity contribution in [3.05, 3.63) is 53.7 Å². The molecule has 26 heavy (non-hydrogen) atoms. The van der Waals surface area contributed by atoms with Gasteiger partial charge in [0.25, 0.3) is 5.91 Å². The van der Waals surface area contributed by atoms with E-state index in [0.717, 1.165) is 19.0 Å². The van der Waals surface area contributed by atoms with E-state index in [1.165, 1.54) is 36.5 Å². The lowest BCUT2D eigenvalue weighted by Gasteiger charge is -2.14. The first-order chi connectivity index (χ1) is 12.3. The number of alkyl halides is 3. The van der Waals surface area contributed by atoms with E-state index in [2.05, 4.69) is 20.5 Å². The van der Waals surface area contributed by atoms with Crippen LogP contribution in [0.3, 0.4) is 0 Å². The molecule has 0 bridgehead atoms. The fourth-order valence-electron chi connectivity index (χ4n) is 2.31. The second-order valence-electron chi connectivity index (χ2n) is 6.01. The molecule has 0 aliphatic rings. The van der Waals surface area contributed by atoms with Gasteiger partial charge in [0.1, 0.15) is 5.82 Å². The molecule has 0 saturated carbocycles. The Balaban J connectivity index is 2.06. The summed E-state index contributed by atoms with van der Waals surface area (Å²) in [6.45, 7) is 1.58. The van der Waals surface area contributed by atoms with Crippen LogP contribution in [-0.2, 0) is 6.18 Å². The summed E-state index contributed by atoms with van der Waals surface area (Å²) < 4.78 is 39.1. The molecule has 0 fully saturated rings. The molecule has 0 spiro atoms. The molecule has 1 heterocycles. The van der Waals surface area contributed by atoms with Crippen LogP contribution < -0.4 is 10.6 Å². The highest BCUT2D eigenvalue weighted by Crippen LogP contribution is 2.34. The number of para-hydroxylation sites is 1. The van der Waals surface area contributed by atoms with Gasteiger partial charge in [-0.15, -0.1) is 0 Å². The van der Waals surface area contributed by atoms with Gasteiger partial charge < -0.3 is 15.5 Å². The highest BCUT2D eigenvalue weighted by molar-refractivity contribution is 6.05. The minimum atomic E-state index is -4.54. The van der Waals surface area contributed by atoms with Crippen LogP contribution in [0, 0.1) is 0 Å². The van der Waals surface area contributed by atoms with Crippen LogP contribution in [-0.4, -0.2) is 43.0 Å². The van der Waals surface area contributed by atoms with Crippen molar-refractivity contribution in [2.24, 2.45) is 0 Å². The van der Waals surface area contributed by atoms with E-state index in [0.29, 0.717) is 12.4 Å². The number of benzene rings is 1. The summed E-state index contributed by atoms with van der Waals surface area (Å²) in [6, 6.07) is 7.84. The molecule has 0 radical (unpaired) electrons. The molecule has 1 amide bonds. The largest absolute Gasteiger partial charge is 0.418 e.